The minimum absolute atomic E-state index is 0.0491. The second-order valence-corrected chi connectivity index (χ2v) is 5.02. The quantitative estimate of drug-likeness (QED) is 0.783. The van der Waals surface area contributed by atoms with Gasteiger partial charge in [0, 0.05) is 12.2 Å². The number of urea groups is 1. The van der Waals surface area contributed by atoms with Crippen molar-refractivity contribution in [1.29, 1.82) is 0 Å². The van der Waals surface area contributed by atoms with E-state index in [0.717, 1.165) is 6.42 Å². The number of rotatable bonds is 3. The molecule has 2 amide bonds. The van der Waals surface area contributed by atoms with Crippen molar-refractivity contribution in [2.45, 2.75) is 19.4 Å². The van der Waals surface area contributed by atoms with Crippen LogP contribution >= 0.6 is 0 Å². The summed E-state index contributed by atoms with van der Waals surface area (Å²) >= 11 is 0. The van der Waals surface area contributed by atoms with Crippen LogP contribution in [0.5, 0.6) is 0 Å². The number of carboxylic acids is 1. The molecule has 1 aromatic carbocycles. The molecular weight excluding hydrogens is 260 g/mol. The highest BCUT2D eigenvalue weighted by Gasteiger charge is 2.33. The van der Waals surface area contributed by atoms with Gasteiger partial charge in [-0.2, -0.15) is 0 Å². The number of benzene rings is 1. The normalized spacial score (nSPS) is 21.8. The summed E-state index contributed by atoms with van der Waals surface area (Å²) in [4.78, 5) is 24.5. The summed E-state index contributed by atoms with van der Waals surface area (Å²) in [6.07, 6.45) is 0.872. The highest BCUT2D eigenvalue weighted by molar-refractivity contribution is 5.91. The number of aliphatic hydroxyl groups excluding tert-OH is 1. The van der Waals surface area contributed by atoms with Crippen molar-refractivity contribution >= 4 is 17.7 Å². The Kier molecular flexibility index (Phi) is 4.24. The number of carbonyl (C=O) groups is 2. The molecule has 0 aromatic heterocycles. The fourth-order valence-corrected chi connectivity index (χ4v) is 2.43. The molecule has 1 aliphatic rings. The van der Waals surface area contributed by atoms with E-state index in [1.807, 2.05) is 6.92 Å². The number of nitrogens with one attached hydrogen (secondary N) is 1. The largest absolute Gasteiger partial charge is 0.478 e. The van der Waals surface area contributed by atoms with Gasteiger partial charge in [-0.1, -0.05) is 6.92 Å². The number of anilines is 1. The summed E-state index contributed by atoms with van der Waals surface area (Å²) in [5.41, 5.74) is 0.710. The van der Waals surface area contributed by atoms with E-state index in [2.05, 4.69) is 5.32 Å². The maximum atomic E-state index is 12.1. The van der Waals surface area contributed by atoms with Gasteiger partial charge in [0.05, 0.1) is 18.2 Å². The second kappa shape index (κ2) is 5.92. The Bertz CT molecular complexity index is 500. The summed E-state index contributed by atoms with van der Waals surface area (Å²) in [5, 5.41) is 20.9. The van der Waals surface area contributed by atoms with E-state index in [-0.39, 0.29) is 30.2 Å². The first-order chi connectivity index (χ1) is 9.52. The van der Waals surface area contributed by atoms with E-state index >= 15 is 0 Å². The van der Waals surface area contributed by atoms with Gasteiger partial charge in [-0.25, -0.2) is 9.59 Å². The van der Waals surface area contributed by atoms with Gasteiger partial charge in [-0.05, 0) is 36.6 Å². The van der Waals surface area contributed by atoms with Gasteiger partial charge in [0.2, 0.25) is 0 Å². The van der Waals surface area contributed by atoms with Crippen molar-refractivity contribution in [3.63, 3.8) is 0 Å². The van der Waals surface area contributed by atoms with Gasteiger partial charge in [-0.3, -0.25) is 0 Å². The molecule has 20 heavy (non-hydrogen) atoms. The molecule has 0 saturated carbocycles. The van der Waals surface area contributed by atoms with Crippen LogP contribution in [-0.4, -0.2) is 46.3 Å². The number of carbonyl (C=O) groups excluding carboxylic acids is 1. The van der Waals surface area contributed by atoms with Crippen molar-refractivity contribution in [1.82, 2.24) is 4.90 Å². The SMILES string of the molecule is CC1CCN(C(=O)Nc2ccc(C(=O)O)cc2)C1CO. The lowest BCUT2D eigenvalue weighted by Crippen LogP contribution is -2.42. The maximum Gasteiger partial charge on any atom is 0.335 e. The summed E-state index contributed by atoms with van der Waals surface area (Å²) in [6.45, 7) is 2.58. The zero-order valence-electron chi connectivity index (χ0n) is 11.2. The predicted octanol–water partition coefficient (Wildman–Crippen LogP) is 1.62. The summed E-state index contributed by atoms with van der Waals surface area (Å²) in [5.74, 6) is -0.725. The van der Waals surface area contributed by atoms with Crippen LogP contribution in [0.15, 0.2) is 24.3 Å². The Morgan fingerprint density at radius 2 is 2.00 bits per heavy atom. The highest BCUT2D eigenvalue weighted by Crippen LogP contribution is 2.24. The number of hydrogen-bond acceptors (Lipinski definition) is 3. The zero-order valence-corrected chi connectivity index (χ0v) is 11.2. The van der Waals surface area contributed by atoms with Crippen LogP contribution in [0.25, 0.3) is 0 Å². The van der Waals surface area contributed by atoms with Crippen LogP contribution < -0.4 is 5.32 Å². The highest BCUT2D eigenvalue weighted by atomic mass is 16.4. The van der Waals surface area contributed by atoms with Crippen molar-refractivity contribution in [3.8, 4) is 0 Å². The Morgan fingerprint density at radius 1 is 1.35 bits per heavy atom. The molecule has 1 fully saturated rings. The third-order valence-corrected chi connectivity index (χ3v) is 3.71. The molecule has 2 unspecified atom stereocenters. The molecule has 0 aliphatic carbocycles. The molecule has 2 atom stereocenters. The lowest BCUT2D eigenvalue weighted by atomic mass is 10.0. The standard InChI is InChI=1S/C14H18N2O4/c1-9-6-7-16(12(9)8-17)14(20)15-11-4-2-10(3-5-11)13(18)19/h2-5,9,12,17H,6-8H2,1H3,(H,15,20)(H,18,19). The van der Waals surface area contributed by atoms with Crippen LogP contribution in [0.4, 0.5) is 10.5 Å². The Balaban J connectivity index is 2.02. The average Bonchev–Trinajstić information content (AvgIpc) is 2.80. The third-order valence-electron chi connectivity index (χ3n) is 3.71. The lowest BCUT2D eigenvalue weighted by molar-refractivity contribution is 0.0697. The van der Waals surface area contributed by atoms with Crippen molar-refractivity contribution < 1.29 is 19.8 Å². The van der Waals surface area contributed by atoms with E-state index in [9.17, 15) is 14.7 Å². The molecule has 2 rings (SSSR count). The molecule has 0 radical (unpaired) electrons. The number of aromatic carboxylic acids is 1. The molecular formula is C14H18N2O4. The fourth-order valence-electron chi connectivity index (χ4n) is 2.43. The number of amides is 2. The Morgan fingerprint density at radius 3 is 2.55 bits per heavy atom. The van der Waals surface area contributed by atoms with Crippen LogP contribution in [0, 0.1) is 5.92 Å². The second-order valence-electron chi connectivity index (χ2n) is 5.02. The molecule has 108 valence electrons. The van der Waals surface area contributed by atoms with Crippen LogP contribution in [0.2, 0.25) is 0 Å². The van der Waals surface area contributed by atoms with Crippen LogP contribution in [0.1, 0.15) is 23.7 Å². The number of carboxylic acid groups (broad SMARTS) is 1. The lowest BCUT2D eigenvalue weighted by Gasteiger charge is -2.25. The topological polar surface area (TPSA) is 89.9 Å². The molecule has 1 aliphatic heterocycles. The zero-order chi connectivity index (χ0) is 14.7. The van der Waals surface area contributed by atoms with Crippen LogP contribution in [-0.2, 0) is 0 Å². The van der Waals surface area contributed by atoms with Gasteiger partial charge in [-0.15, -0.1) is 0 Å². The summed E-state index contributed by atoms with van der Waals surface area (Å²) in [7, 11) is 0. The van der Waals surface area contributed by atoms with E-state index in [0.29, 0.717) is 12.2 Å². The number of hydrogen-bond donors (Lipinski definition) is 3. The van der Waals surface area contributed by atoms with E-state index in [1.54, 1.807) is 17.0 Å². The van der Waals surface area contributed by atoms with Crippen molar-refractivity contribution in [2.24, 2.45) is 5.92 Å². The molecule has 1 aromatic rings. The van der Waals surface area contributed by atoms with E-state index < -0.39 is 5.97 Å². The third kappa shape index (κ3) is 2.91. The van der Waals surface area contributed by atoms with Crippen LogP contribution in [0.3, 0.4) is 0 Å². The molecule has 0 bridgehead atoms. The number of aliphatic hydroxyl groups is 1. The van der Waals surface area contributed by atoms with Gasteiger partial charge in [0.1, 0.15) is 0 Å². The summed E-state index contributed by atoms with van der Waals surface area (Å²) in [6, 6.07) is 5.55. The average molecular weight is 278 g/mol. The molecule has 6 nitrogen and oxygen atoms in total. The Hall–Kier alpha value is -2.08. The number of nitrogens with zero attached hydrogens (tertiary/aromatic N) is 1. The maximum absolute atomic E-state index is 12.1. The monoisotopic (exact) mass is 278 g/mol. The predicted molar refractivity (Wildman–Crippen MR) is 73.8 cm³/mol. The van der Waals surface area contributed by atoms with E-state index in [4.69, 9.17) is 5.11 Å². The molecule has 3 N–H and O–H groups in total. The molecule has 6 heteroatoms. The van der Waals surface area contributed by atoms with E-state index in [1.165, 1.54) is 12.1 Å². The molecule has 0 spiro atoms. The first-order valence-corrected chi connectivity index (χ1v) is 6.54. The first kappa shape index (κ1) is 14.3. The van der Waals surface area contributed by atoms with Crippen molar-refractivity contribution in [3.05, 3.63) is 29.8 Å². The smallest absolute Gasteiger partial charge is 0.335 e. The van der Waals surface area contributed by atoms with Crippen molar-refractivity contribution in [2.75, 3.05) is 18.5 Å². The minimum Gasteiger partial charge on any atom is -0.478 e. The molecule has 1 heterocycles. The van der Waals surface area contributed by atoms with Gasteiger partial charge < -0.3 is 20.4 Å². The minimum atomic E-state index is -1.00. The van der Waals surface area contributed by atoms with Gasteiger partial charge in [0.15, 0.2) is 0 Å². The summed E-state index contributed by atoms with van der Waals surface area (Å²) < 4.78 is 0. The number of likely N-dealkylation sites (tertiary alicyclic amines) is 1. The first-order valence-electron chi connectivity index (χ1n) is 6.54. The Labute approximate surface area is 117 Å². The van der Waals surface area contributed by atoms with Gasteiger partial charge in [0.25, 0.3) is 0 Å². The fraction of sp³-hybridized carbons (Fsp3) is 0.429. The van der Waals surface area contributed by atoms with Gasteiger partial charge >= 0.3 is 12.0 Å². The molecule has 1 saturated heterocycles.